The average molecular weight is 396 g/mol. The molecule has 3 fully saturated rings. The molecule has 6 heteroatoms. The Hall–Kier alpha value is -0.810. The van der Waals surface area contributed by atoms with Crippen LogP contribution in [0.4, 0.5) is 0 Å². The number of benzene rings is 1. The number of rotatable bonds is 3. The molecule has 1 aliphatic carbocycles. The summed E-state index contributed by atoms with van der Waals surface area (Å²) in [5, 5.41) is 4.73. The van der Waals surface area contributed by atoms with Crippen molar-refractivity contribution >= 4 is 29.1 Å². The number of carbonyl (C=O) groups excluding carboxylic acids is 1. The quantitative estimate of drug-likeness (QED) is 0.851. The first-order chi connectivity index (χ1) is 12.6. The maximum absolute atomic E-state index is 13.2. The SMILES string of the molecule is O=C(Cc1ccc(Cl)c(Cl)c1)N1CCN[C@H]2CCC[C@@H](N3CCCC3)[C@H]21. The van der Waals surface area contributed by atoms with Gasteiger partial charge in [0.25, 0.3) is 0 Å². The summed E-state index contributed by atoms with van der Waals surface area (Å²) in [6, 6.07) is 6.74. The van der Waals surface area contributed by atoms with Crippen LogP contribution in [0.25, 0.3) is 0 Å². The Kier molecular flexibility index (Phi) is 5.75. The van der Waals surface area contributed by atoms with Gasteiger partial charge in [-0.25, -0.2) is 0 Å². The number of piperazine rings is 1. The standard InChI is InChI=1S/C20H27Cl2N3O/c21-15-7-6-14(12-16(15)22)13-19(26)25-11-8-23-17-4-3-5-18(20(17)25)24-9-1-2-10-24/h6-7,12,17-18,20,23H,1-5,8-11,13H2/t17-,18+,20-/m0/s1. The zero-order valence-electron chi connectivity index (χ0n) is 15.1. The van der Waals surface area contributed by atoms with Gasteiger partial charge in [0, 0.05) is 25.2 Å². The number of hydrogen-bond donors (Lipinski definition) is 1. The van der Waals surface area contributed by atoms with Crippen LogP contribution in [0.15, 0.2) is 18.2 Å². The largest absolute Gasteiger partial charge is 0.335 e. The Bertz CT molecular complexity index is 660. The van der Waals surface area contributed by atoms with Gasteiger partial charge in [-0.1, -0.05) is 35.7 Å². The van der Waals surface area contributed by atoms with Gasteiger partial charge in [0.2, 0.25) is 5.91 Å². The molecule has 2 saturated heterocycles. The molecule has 0 spiro atoms. The Labute approximate surface area is 165 Å². The lowest BCUT2D eigenvalue weighted by Crippen LogP contribution is -2.68. The molecule has 1 aromatic rings. The van der Waals surface area contributed by atoms with Crippen LogP contribution >= 0.6 is 23.2 Å². The molecule has 0 bridgehead atoms. The fraction of sp³-hybridized carbons (Fsp3) is 0.650. The summed E-state index contributed by atoms with van der Waals surface area (Å²) in [5.41, 5.74) is 0.938. The van der Waals surface area contributed by atoms with Gasteiger partial charge in [-0.2, -0.15) is 0 Å². The summed E-state index contributed by atoms with van der Waals surface area (Å²) in [6.07, 6.45) is 6.61. The van der Waals surface area contributed by atoms with Crippen LogP contribution in [0.2, 0.25) is 10.0 Å². The zero-order valence-corrected chi connectivity index (χ0v) is 16.6. The Balaban J connectivity index is 1.52. The van der Waals surface area contributed by atoms with Gasteiger partial charge in [0.05, 0.1) is 22.5 Å². The molecule has 3 atom stereocenters. The van der Waals surface area contributed by atoms with Crippen LogP contribution in [0.3, 0.4) is 0 Å². The molecule has 0 radical (unpaired) electrons. The van der Waals surface area contributed by atoms with Crippen molar-refractivity contribution in [3.05, 3.63) is 33.8 Å². The summed E-state index contributed by atoms with van der Waals surface area (Å²) in [5.74, 6) is 0.214. The molecule has 4 rings (SSSR count). The third-order valence-electron chi connectivity index (χ3n) is 6.21. The molecule has 4 nitrogen and oxygen atoms in total. The maximum Gasteiger partial charge on any atom is 0.227 e. The predicted octanol–water partition coefficient (Wildman–Crippen LogP) is 3.35. The Morgan fingerprint density at radius 1 is 1.08 bits per heavy atom. The molecule has 26 heavy (non-hydrogen) atoms. The van der Waals surface area contributed by atoms with E-state index in [9.17, 15) is 4.79 Å². The number of hydrogen-bond acceptors (Lipinski definition) is 3. The summed E-state index contributed by atoms with van der Waals surface area (Å²) < 4.78 is 0. The molecule has 142 valence electrons. The molecular weight excluding hydrogens is 369 g/mol. The second-order valence-electron chi connectivity index (χ2n) is 7.80. The maximum atomic E-state index is 13.2. The third kappa shape index (κ3) is 3.75. The van der Waals surface area contributed by atoms with E-state index >= 15 is 0 Å². The van der Waals surface area contributed by atoms with Crippen LogP contribution in [-0.2, 0) is 11.2 Å². The van der Waals surface area contributed by atoms with E-state index in [2.05, 4.69) is 15.1 Å². The molecular formula is C20H27Cl2N3O. The fourth-order valence-electron chi connectivity index (χ4n) is 5.01. The molecule has 2 heterocycles. The second kappa shape index (κ2) is 8.05. The van der Waals surface area contributed by atoms with E-state index < -0.39 is 0 Å². The summed E-state index contributed by atoms with van der Waals surface area (Å²) in [6.45, 7) is 4.05. The van der Waals surface area contributed by atoms with E-state index in [1.165, 1.54) is 45.2 Å². The van der Waals surface area contributed by atoms with Gasteiger partial charge >= 0.3 is 0 Å². The van der Waals surface area contributed by atoms with E-state index in [0.29, 0.717) is 34.6 Å². The number of carbonyl (C=O) groups is 1. The van der Waals surface area contributed by atoms with Crippen molar-refractivity contribution in [1.29, 1.82) is 0 Å². The van der Waals surface area contributed by atoms with E-state index in [-0.39, 0.29) is 5.91 Å². The monoisotopic (exact) mass is 395 g/mol. The molecule has 1 N–H and O–H groups in total. The van der Waals surface area contributed by atoms with E-state index in [1.807, 2.05) is 12.1 Å². The molecule has 3 aliphatic rings. The van der Waals surface area contributed by atoms with Gasteiger partial charge in [0.15, 0.2) is 0 Å². The normalized spacial score (nSPS) is 29.6. The highest BCUT2D eigenvalue weighted by atomic mass is 35.5. The van der Waals surface area contributed by atoms with Crippen molar-refractivity contribution < 1.29 is 4.79 Å². The summed E-state index contributed by atoms with van der Waals surface area (Å²) in [7, 11) is 0. The van der Waals surface area contributed by atoms with E-state index in [4.69, 9.17) is 23.2 Å². The first kappa shape index (κ1) is 18.5. The van der Waals surface area contributed by atoms with Crippen LogP contribution in [0.1, 0.15) is 37.7 Å². The average Bonchev–Trinajstić information content (AvgIpc) is 3.18. The fourth-order valence-corrected chi connectivity index (χ4v) is 5.33. The molecule has 1 aromatic carbocycles. The molecule has 2 aliphatic heterocycles. The number of amides is 1. The predicted molar refractivity (Wildman–Crippen MR) is 106 cm³/mol. The highest BCUT2D eigenvalue weighted by molar-refractivity contribution is 6.42. The second-order valence-corrected chi connectivity index (χ2v) is 8.62. The lowest BCUT2D eigenvalue weighted by atomic mass is 9.82. The van der Waals surface area contributed by atoms with Gasteiger partial charge in [-0.05, 0) is 56.5 Å². The number of fused-ring (bicyclic) bond motifs is 1. The van der Waals surface area contributed by atoms with E-state index in [0.717, 1.165) is 18.7 Å². The minimum atomic E-state index is 0.214. The molecule has 1 amide bonds. The van der Waals surface area contributed by atoms with Crippen molar-refractivity contribution in [3.8, 4) is 0 Å². The Morgan fingerprint density at radius 2 is 1.88 bits per heavy atom. The highest BCUT2D eigenvalue weighted by Crippen LogP contribution is 2.32. The number of nitrogens with one attached hydrogen (secondary N) is 1. The number of halogens is 2. The smallest absolute Gasteiger partial charge is 0.227 e. The topological polar surface area (TPSA) is 35.6 Å². The molecule has 1 saturated carbocycles. The van der Waals surface area contributed by atoms with E-state index in [1.54, 1.807) is 6.07 Å². The first-order valence-electron chi connectivity index (χ1n) is 9.84. The minimum Gasteiger partial charge on any atom is -0.335 e. The summed E-state index contributed by atoms with van der Waals surface area (Å²) >= 11 is 12.1. The van der Waals surface area contributed by atoms with Gasteiger partial charge in [0.1, 0.15) is 0 Å². The van der Waals surface area contributed by atoms with Crippen LogP contribution < -0.4 is 5.32 Å². The summed E-state index contributed by atoms with van der Waals surface area (Å²) in [4.78, 5) is 18.0. The Morgan fingerprint density at radius 3 is 2.65 bits per heavy atom. The van der Waals surface area contributed by atoms with Crippen LogP contribution in [0, 0.1) is 0 Å². The van der Waals surface area contributed by atoms with Crippen molar-refractivity contribution in [1.82, 2.24) is 15.1 Å². The minimum absolute atomic E-state index is 0.214. The molecule has 0 unspecified atom stereocenters. The van der Waals surface area contributed by atoms with Crippen molar-refractivity contribution in [2.45, 2.75) is 56.7 Å². The first-order valence-corrected chi connectivity index (χ1v) is 10.6. The number of likely N-dealkylation sites (tertiary alicyclic amines) is 1. The molecule has 0 aromatic heterocycles. The highest BCUT2D eigenvalue weighted by Gasteiger charge is 2.44. The van der Waals surface area contributed by atoms with Gasteiger partial charge in [-0.15, -0.1) is 0 Å². The van der Waals surface area contributed by atoms with Crippen molar-refractivity contribution in [3.63, 3.8) is 0 Å². The van der Waals surface area contributed by atoms with Gasteiger partial charge in [-0.3, -0.25) is 9.69 Å². The third-order valence-corrected chi connectivity index (χ3v) is 6.95. The zero-order chi connectivity index (χ0) is 18.1. The lowest BCUT2D eigenvalue weighted by molar-refractivity contribution is -0.137. The van der Waals surface area contributed by atoms with Crippen molar-refractivity contribution in [2.24, 2.45) is 0 Å². The lowest BCUT2D eigenvalue weighted by Gasteiger charge is -2.51. The van der Waals surface area contributed by atoms with Crippen LogP contribution in [-0.4, -0.2) is 60.0 Å². The van der Waals surface area contributed by atoms with Crippen molar-refractivity contribution in [2.75, 3.05) is 26.2 Å². The van der Waals surface area contributed by atoms with Gasteiger partial charge < -0.3 is 10.2 Å². The van der Waals surface area contributed by atoms with Crippen LogP contribution in [0.5, 0.6) is 0 Å². The number of nitrogens with zero attached hydrogens (tertiary/aromatic N) is 2.